The third-order valence-electron chi connectivity index (χ3n) is 3.31. The average molecular weight is 219 g/mol. The molecular formula is C9H15BrO. The number of hydrogen-bond donors (Lipinski definition) is 0. The molecule has 2 rings (SSSR count). The van der Waals surface area contributed by atoms with Gasteiger partial charge in [-0.3, -0.25) is 0 Å². The summed E-state index contributed by atoms with van der Waals surface area (Å²) in [6.45, 7) is 0. The van der Waals surface area contributed by atoms with Crippen LogP contribution in [0.2, 0.25) is 0 Å². The second-order valence-electron chi connectivity index (χ2n) is 3.86. The van der Waals surface area contributed by atoms with Crippen molar-refractivity contribution in [3.05, 3.63) is 0 Å². The molecule has 0 aromatic carbocycles. The Balaban J connectivity index is 2.05. The van der Waals surface area contributed by atoms with Crippen LogP contribution in [0.15, 0.2) is 0 Å². The summed E-state index contributed by atoms with van der Waals surface area (Å²) in [7, 11) is 1.85. The second-order valence-corrected chi connectivity index (χ2v) is 5.04. The van der Waals surface area contributed by atoms with Crippen LogP contribution < -0.4 is 0 Å². The second kappa shape index (κ2) is 3.06. The smallest absolute Gasteiger partial charge is 0.0610 e. The molecule has 2 heteroatoms. The first-order valence-corrected chi connectivity index (χ1v) is 5.39. The first-order chi connectivity index (χ1) is 5.31. The van der Waals surface area contributed by atoms with Crippen LogP contribution in [-0.2, 0) is 4.74 Å². The fourth-order valence-electron chi connectivity index (χ4n) is 2.61. The summed E-state index contributed by atoms with van der Waals surface area (Å²) in [6.07, 6.45) is 5.98. The zero-order valence-electron chi connectivity index (χ0n) is 6.92. The highest BCUT2D eigenvalue weighted by molar-refractivity contribution is 9.09. The van der Waals surface area contributed by atoms with Crippen molar-refractivity contribution in [1.29, 1.82) is 0 Å². The van der Waals surface area contributed by atoms with Gasteiger partial charge in [0.25, 0.3) is 0 Å². The maximum absolute atomic E-state index is 5.46. The van der Waals surface area contributed by atoms with E-state index in [-0.39, 0.29) is 0 Å². The van der Waals surface area contributed by atoms with Crippen LogP contribution in [0.3, 0.4) is 0 Å². The quantitative estimate of drug-likeness (QED) is 0.616. The Morgan fingerprint density at radius 2 is 1.91 bits per heavy atom. The molecule has 64 valence electrons. The predicted octanol–water partition coefficient (Wildman–Crippen LogP) is 2.58. The van der Waals surface area contributed by atoms with Gasteiger partial charge in [-0.15, -0.1) is 0 Å². The SMILES string of the molecule is CO[C@H]1C[C@@H](Br)[C@H]2CC[C@@H]1C2. The van der Waals surface area contributed by atoms with E-state index in [4.69, 9.17) is 4.74 Å². The Bertz CT molecular complexity index is 148. The van der Waals surface area contributed by atoms with Gasteiger partial charge in [0, 0.05) is 11.9 Å². The lowest BCUT2D eigenvalue weighted by Gasteiger charge is -2.31. The number of methoxy groups -OCH3 is 1. The predicted molar refractivity (Wildman–Crippen MR) is 49.0 cm³/mol. The summed E-state index contributed by atoms with van der Waals surface area (Å²) in [5, 5.41) is 0. The van der Waals surface area contributed by atoms with E-state index in [0.717, 1.165) is 16.7 Å². The van der Waals surface area contributed by atoms with Crippen LogP contribution in [-0.4, -0.2) is 18.0 Å². The first-order valence-electron chi connectivity index (χ1n) is 4.48. The van der Waals surface area contributed by atoms with E-state index in [1.807, 2.05) is 7.11 Å². The van der Waals surface area contributed by atoms with E-state index >= 15 is 0 Å². The van der Waals surface area contributed by atoms with Crippen molar-refractivity contribution in [3.8, 4) is 0 Å². The van der Waals surface area contributed by atoms with Crippen LogP contribution in [0.1, 0.15) is 25.7 Å². The highest BCUT2D eigenvalue weighted by Crippen LogP contribution is 2.45. The lowest BCUT2D eigenvalue weighted by molar-refractivity contribution is 0.0323. The Kier molecular flexibility index (Phi) is 2.24. The molecule has 1 nitrogen and oxygen atoms in total. The molecule has 0 aromatic heterocycles. The molecule has 11 heavy (non-hydrogen) atoms. The van der Waals surface area contributed by atoms with Gasteiger partial charge in [-0.05, 0) is 37.5 Å². The molecular weight excluding hydrogens is 204 g/mol. The van der Waals surface area contributed by atoms with Crippen LogP contribution in [0.4, 0.5) is 0 Å². The van der Waals surface area contributed by atoms with Crippen molar-refractivity contribution in [2.24, 2.45) is 11.8 Å². The minimum absolute atomic E-state index is 0.540. The van der Waals surface area contributed by atoms with Gasteiger partial charge < -0.3 is 4.74 Å². The van der Waals surface area contributed by atoms with Crippen molar-refractivity contribution in [3.63, 3.8) is 0 Å². The maximum Gasteiger partial charge on any atom is 0.0610 e. The number of fused-ring (bicyclic) bond motifs is 2. The number of hydrogen-bond acceptors (Lipinski definition) is 1. The van der Waals surface area contributed by atoms with Gasteiger partial charge in [-0.1, -0.05) is 15.9 Å². The van der Waals surface area contributed by atoms with Crippen molar-refractivity contribution >= 4 is 15.9 Å². The lowest BCUT2D eigenvalue weighted by Crippen LogP contribution is -2.31. The van der Waals surface area contributed by atoms with Crippen molar-refractivity contribution in [1.82, 2.24) is 0 Å². The van der Waals surface area contributed by atoms with E-state index in [2.05, 4.69) is 15.9 Å². The minimum Gasteiger partial charge on any atom is -0.381 e. The van der Waals surface area contributed by atoms with Gasteiger partial charge in [-0.2, -0.15) is 0 Å². The Hall–Kier alpha value is 0.440. The summed E-state index contributed by atoms with van der Waals surface area (Å²) < 4.78 is 5.46. The van der Waals surface area contributed by atoms with Gasteiger partial charge in [-0.25, -0.2) is 0 Å². The topological polar surface area (TPSA) is 9.23 Å². The zero-order valence-corrected chi connectivity index (χ0v) is 8.51. The highest BCUT2D eigenvalue weighted by Gasteiger charge is 2.40. The third kappa shape index (κ3) is 1.35. The van der Waals surface area contributed by atoms with Crippen molar-refractivity contribution in [2.45, 2.75) is 36.6 Å². The summed E-state index contributed by atoms with van der Waals surface area (Å²) in [5.74, 6) is 1.82. The van der Waals surface area contributed by atoms with E-state index in [9.17, 15) is 0 Å². The van der Waals surface area contributed by atoms with E-state index in [1.165, 1.54) is 25.7 Å². The number of alkyl halides is 1. The monoisotopic (exact) mass is 218 g/mol. The molecule has 0 spiro atoms. The molecule has 0 aromatic rings. The molecule has 0 saturated heterocycles. The van der Waals surface area contributed by atoms with Gasteiger partial charge in [0.05, 0.1) is 6.10 Å². The molecule has 0 unspecified atom stereocenters. The fraction of sp³-hybridized carbons (Fsp3) is 1.00. The number of ether oxygens (including phenoxy) is 1. The Morgan fingerprint density at radius 1 is 1.18 bits per heavy atom. The first kappa shape index (κ1) is 8.06. The van der Waals surface area contributed by atoms with E-state index in [1.54, 1.807) is 0 Å². The van der Waals surface area contributed by atoms with Gasteiger partial charge in [0.1, 0.15) is 0 Å². The fourth-order valence-corrected chi connectivity index (χ4v) is 3.46. The summed E-state index contributed by atoms with van der Waals surface area (Å²) in [4.78, 5) is 0.728. The minimum atomic E-state index is 0.540. The number of halogens is 1. The maximum atomic E-state index is 5.46. The Labute approximate surface area is 76.6 Å². The standard InChI is InChI=1S/C9H15BrO/c1-11-9-5-8(10)6-2-3-7(9)4-6/h6-9H,2-5H2,1H3/t6-,7+,8+,9-/m0/s1. The normalized spacial score (nSPS) is 49.6. The van der Waals surface area contributed by atoms with E-state index in [0.29, 0.717) is 6.10 Å². The molecule has 4 atom stereocenters. The molecule has 2 bridgehead atoms. The highest BCUT2D eigenvalue weighted by atomic mass is 79.9. The van der Waals surface area contributed by atoms with Gasteiger partial charge in [0.2, 0.25) is 0 Å². The molecule has 0 amide bonds. The lowest BCUT2D eigenvalue weighted by atomic mass is 9.87. The van der Waals surface area contributed by atoms with Crippen LogP contribution in [0.5, 0.6) is 0 Å². The number of rotatable bonds is 1. The molecule has 2 aliphatic rings. The van der Waals surface area contributed by atoms with Crippen molar-refractivity contribution in [2.75, 3.05) is 7.11 Å². The van der Waals surface area contributed by atoms with E-state index < -0.39 is 0 Å². The average Bonchev–Trinajstić information content (AvgIpc) is 2.43. The molecule has 0 aliphatic heterocycles. The molecule has 2 saturated carbocycles. The van der Waals surface area contributed by atoms with Crippen LogP contribution in [0.25, 0.3) is 0 Å². The third-order valence-corrected chi connectivity index (χ3v) is 4.43. The van der Waals surface area contributed by atoms with Gasteiger partial charge in [0.15, 0.2) is 0 Å². The largest absolute Gasteiger partial charge is 0.381 e. The summed E-state index contributed by atoms with van der Waals surface area (Å²) >= 11 is 3.74. The zero-order chi connectivity index (χ0) is 7.84. The van der Waals surface area contributed by atoms with Crippen LogP contribution >= 0.6 is 15.9 Å². The molecule has 2 fully saturated rings. The van der Waals surface area contributed by atoms with Crippen molar-refractivity contribution < 1.29 is 4.74 Å². The molecule has 0 heterocycles. The Morgan fingerprint density at radius 3 is 2.64 bits per heavy atom. The molecule has 0 radical (unpaired) electrons. The molecule has 2 aliphatic carbocycles. The van der Waals surface area contributed by atoms with Gasteiger partial charge >= 0.3 is 0 Å². The van der Waals surface area contributed by atoms with Crippen LogP contribution in [0, 0.1) is 11.8 Å². The summed E-state index contributed by atoms with van der Waals surface area (Å²) in [5.41, 5.74) is 0. The molecule has 0 N–H and O–H groups in total. The summed E-state index contributed by atoms with van der Waals surface area (Å²) in [6, 6.07) is 0.